The zero-order chi connectivity index (χ0) is 11.7. The molecule has 0 fully saturated rings. The number of benzene rings is 1. The third kappa shape index (κ3) is 2.38. The number of aromatic nitrogens is 2. The van der Waals surface area contributed by atoms with Crippen molar-refractivity contribution in [3.63, 3.8) is 0 Å². The molecule has 0 amide bonds. The molecule has 0 saturated carbocycles. The minimum Gasteiger partial charge on any atom is -0.491 e. The van der Waals surface area contributed by atoms with Gasteiger partial charge < -0.3 is 9.72 Å². The van der Waals surface area contributed by atoms with Crippen molar-refractivity contribution >= 4 is 27.0 Å². The Bertz CT molecular complexity index is 491. The van der Waals surface area contributed by atoms with Gasteiger partial charge in [-0.15, -0.1) is 0 Å². The molecule has 0 aliphatic heterocycles. The molecule has 0 saturated heterocycles. The van der Waals surface area contributed by atoms with Crippen LogP contribution in [0.4, 0.5) is 0 Å². The van der Waals surface area contributed by atoms with Crippen LogP contribution in [0.3, 0.4) is 0 Å². The molecule has 1 aromatic carbocycles. The standard InChI is InChI=1S/C12H15BrN2O/c1-7(2)16-9-4-5-10-11(6-9)15-12(14-10)8(3)13/h4-8H,1-3H3,(H,14,15). The summed E-state index contributed by atoms with van der Waals surface area (Å²) in [6.07, 6.45) is 0.190. The highest BCUT2D eigenvalue weighted by atomic mass is 79.9. The second-order valence-corrected chi connectivity index (χ2v) is 5.46. The summed E-state index contributed by atoms with van der Waals surface area (Å²) >= 11 is 3.49. The number of hydrogen-bond donors (Lipinski definition) is 1. The van der Waals surface area contributed by atoms with E-state index >= 15 is 0 Å². The molecule has 2 aromatic rings. The Labute approximate surface area is 103 Å². The van der Waals surface area contributed by atoms with Crippen molar-refractivity contribution in [2.75, 3.05) is 0 Å². The summed E-state index contributed by atoms with van der Waals surface area (Å²) in [7, 11) is 0. The Balaban J connectivity index is 2.38. The quantitative estimate of drug-likeness (QED) is 0.870. The van der Waals surface area contributed by atoms with Crippen LogP contribution in [0.1, 0.15) is 31.4 Å². The van der Waals surface area contributed by atoms with E-state index in [4.69, 9.17) is 4.74 Å². The summed E-state index contributed by atoms with van der Waals surface area (Å²) in [5, 5.41) is 0. The maximum Gasteiger partial charge on any atom is 0.121 e. The van der Waals surface area contributed by atoms with Crippen LogP contribution in [0.25, 0.3) is 11.0 Å². The summed E-state index contributed by atoms with van der Waals surface area (Å²) in [5.41, 5.74) is 1.98. The van der Waals surface area contributed by atoms with Gasteiger partial charge in [0.25, 0.3) is 0 Å². The lowest BCUT2D eigenvalue weighted by atomic mass is 10.3. The number of hydrogen-bond acceptors (Lipinski definition) is 2. The van der Waals surface area contributed by atoms with Crippen molar-refractivity contribution in [2.45, 2.75) is 31.7 Å². The van der Waals surface area contributed by atoms with Crippen LogP contribution in [0, 0.1) is 0 Å². The van der Waals surface area contributed by atoms with Crippen LogP contribution in [0.2, 0.25) is 0 Å². The van der Waals surface area contributed by atoms with E-state index in [1.54, 1.807) is 0 Å². The van der Waals surface area contributed by atoms with Crippen molar-refractivity contribution in [1.29, 1.82) is 0 Å². The SMILES string of the molecule is CC(C)Oc1ccc2nc(C(C)Br)[nH]c2c1. The normalized spacial score (nSPS) is 13.3. The predicted molar refractivity (Wildman–Crippen MR) is 69.2 cm³/mol. The number of nitrogens with one attached hydrogen (secondary N) is 1. The number of rotatable bonds is 3. The molecule has 0 radical (unpaired) electrons. The fourth-order valence-electron chi connectivity index (χ4n) is 1.54. The highest BCUT2D eigenvalue weighted by molar-refractivity contribution is 9.09. The van der Waals surface area contributed by atoms with E-state index < -0.39 is 0 Å². The summed E-state index contributed by atoms with van der Waals surface area (Å²) in [4.78, 5) is 7.98. The number of halogens is 1. The van der Waals surface area contributed by atoms with E-state index in [9.17, 15) is 0 Å². The van der Waals surface area contributed by atoms with Crippen LogP contribution < -0.4 is 4.74 Å². The van der Waals surface area contributed by atoms with Crippen LogP contribution in [0.15, 0.2) is 18.2 Å². The summed E-state index contributed by atoms with van der Waals surface area (Å²) in [6.45, 7) is 6.08. The van der Waals surface area contributed by atoms with Gasteiger partial charge in [0.1, 0.15) is 11.6 Å². The Morgan fingerprint density at radius 3 is 2.69 bits per heavy atom. The van der Waals surface area contributed by atoms with Crippen LogP contribution in [0.5, 0.6) is 5.75 Å². The number of imidazole rings is 1. The largest absolute Gasteiger partial charge is 0.491 e. The molecular weight excluding hydrogens is 268 g/mol. The minimum atomic E-state index is 0.190. The summed E-state index contributed by atoms with van der Waals surface area (Å²) in [5.74, 6) is 1.82. The molecule has 4 heteroatoms. The van der Waals surface area contributed by atoms with Gasteiger partial charge in [-0.3, -0.25) is 0 Å². The van der Waals surface area contributed by atoms with Gasteiger partial charge >= 0.3 is 0 Å². The van der Waals surface area contributed by atoms with Gasteiger partial charge in [0.05, 0.1) is 22.0 Å². The van der Waals surface area contributed by atoms with Crippen molar-refractivity contribution in [2.24, 2.45) is 0 Å². The van der Waals surface area contributed by atoms with Gasteiger partial charge in [-0.25, -0.2) is 4.98 Å². The van der Waals surface area contributed by atoms with Gasteiger partial charge in [-0.05, 0) is 32.9 Å². The number of H-pyrrole nitrogens is 1. The van der Waals surface area contributed by atoms with E-state index in [0.717, 1.165) is 22.6 Å². The highest BCUT2D eigenvalue weighted by Crippen LogP contribution is 2.24. The lowest BCUT2D eigenvalue weighted by Gasteiger charge is -2.08. The number of aromatic amines is 1. The molecule has 86 valence electrons. The average Bonchev–Trinajstić information content (AvgIpc) is 2.59. The molecule has 1 atom stereocenters. The lowest BCUT2D eigenvalue weighted by Crippen LogP contribution is -2.05. The minimum absolute atomic E-state index is 0.190. The van der Waals surface area contributed by atoms with Gasteiger partial charge in [-0.1, -0.05) is 15.9 Å². The molecule has 1 aromatic heterocycles. The monoisotopic (exact) mass is 282 g/mol. The number of ether oxygens (including phenoxy) is 1. The highest BCUT2D eigenvalue weighted by Gasteiger charge is 2.08. The summed E-state index contributed by atoms with van der Waals surface area (Å²) in [6, 6.07) is 5.91. The van der Waals surface area contributed by atoms with Crippen LogP contribution in [-0.2, 0) is 0 Å². The second kappa shape index (κ2) is 4.45. The van der Waals surface area contributed by atoms with Crippen molar-refractivity contribution < 1.29 is 4.74 Å². The molecule has 1 unspecified atom stereocenters. The average molecular weight is 283 g/mol. The Morgan fingerprint density at radius 2 is 2.06 bits per heavy atom. The first kappa shape index (κ1) is 11.5. The molecule has 0 spiro atoms. The second-order valence-electron chi connectivity index (χ2n) is 4.08. The molecule has 0 aliphatic rings. The molecule has 1 N–H and O–H groups in total. The van der Waals surface area contributed by atoms with Gasteiger partial charge in [0.15, 0.2) is 0 Å². The Hall–Kier alpha value is -1.03. The molecule has 1 heterocycles. The first-order valence-electron chi connectivity index (χ1n) is 5.36. The van der Waals surface area contributed by atoms with Gasteiger partial charge in [0, 0.05) is 6.07 Å². The number of nitrogens with zero attached hydrogens (tertiary/aromatic N) is 1. The van der Waals surface area contributed by atoms with E-state index in [-0.39, 0.29) is 10.9 Å². The third-order valence-electron chi connectivity index (χ3n) is 2.22. The topological polar surface area (TPSA) is 37.9 Å². The first-order valence-corrected chi connectivity index (χ1v) is 6.28. The Morgan fingerprint density at radius 1 is 1.31 bits per heavy atom. The predicted octanol–water partition coefficient (Wildman–Crippen LogP) is 3.81. The molecule has 16 heavy (non-hydrogen) atoms. The van der Waals surface area contributed by atoms with E-state index in [1.165, 1.54) is 0 Å². The smallest absolute Gasteiger partial charge is 0.121 e. The zero-order valence-corrected chi connectivity index (χ0v) is 11.2. The molecule has 3 nitrogen and oxygen atoms in total. The Kier molecular flexibility index (Phi) is 3.19. The van der Waals surface area contributed by atoms with Crippen molar-refractivity contribution in [3.05, 3.63) is 24.0 Å². The van der Waals surface area contributed by atoms with Crippen LogP contribution in [-0.4, -0.2) is 16.1 Å². The molecular formula is C12H15BrN2O. The van der Waals surface area contributed by atoms with Gasteiger partial charge in [-0.2, -0.15) is 0 Å². The van der Waals surface area contributed by atoms with Gasteiger partial charge in [0.2, 0.25) is 0 Å². The molecule has 0 bridgehead atoms. The van der Waals surface area contributed by atoms with Crippen LogP contribution >= 0.6 is 15.9 Å². The third-order valence-corrected chi connectivity index (χ3v) is 2.65. The fourth-order valence-corrected chi connectivity index (χ4v) is 1.76. The van der Waals surface area contributed by atoms with Crippen molar-refractivity contribution in [3.8, 4) is 5.75 Å². The molecule has 0 aliphatic carbocycles. The maximum atomic E-state index is 5.63. The van der Waals surface area contributed by atoms with E-state index in [2.05, 4.69) is 25.9 Å². The number of alkyl halides is 1. The lowest BCUT2D eigenvalue weighted by molar-refractivity contribution is 0.242. The zero-order valence-electron chi connectivity index (χ0n) is 9.62. The summed E-state index contributed by atoms with van der Waals surface area (Å²) < 4.78 is 5.63. The fraction of sp³-hybridized carbons (Fsp3) is 0.417. The number of fused-ring (bicyclic) bond motifs is 1. The van der Waals surface area contributed by atoms with E-state index in [0.29, 0.717) is 0 Å². The van der Waals surface area contributed by atoms with E-state index in [1.807, 2.05) is 39.0 Å². The molecule has 2 rings (SSSR count). The maximum absolute atomic E-state index is 5.63. The first-order chi connectivity index (χ1) is 7.56. The van der Waals surface area contributed by atoms with Crippen molar-refractivity contribution in [1.82, 2.24) is 9.97 Å².